The van der Waals surface area contributed by atoms with Crippen LogP contribution in [0.3, 0.4) is 0 Å². The van der Waals surface area contributed by atoms with Gasteiger partial charge in [-0.05, 0) is 66.8 Å². The minimum Gasteiger partial charge on any atom is -0.379 e. The average molecular weight is 469 g/mol. The van der Waals surface area contributed by atoms with Crippen LogP contribution in [0.15, 0.2) is 48.5 Å². The number of carbonyl (C=O) groups is 1. The summed E-state index contributed by atoms with van der Waals surface area (Å²) in [5, 5.41) is 4.14. The summed E-state index contributed by atoms with van der Waals surface area (Å²) in [6.07, 6.45) is 3.00. The number of amides is 1. The van der Waals surface area contributed by atoms with Crippen LogP contribution < -0.4 is 5.32 Å². The molecule has 0 aromatic heterocycles. The summed E-state index contributed by atoms with van der Waals surface area (Å²) in [5.41, 5.74) is 3.71. The number of carbonyl (C=O) groups excluding carboxylic acids is 1. The van der Waals surface area contributed by atoms with Crippen LogP contribution in [0.2, 0.25) is 5.02 Å². The minimum absolute atomic E-state index is 0.0167. The number of aryl methyl sites for hydroxylation is 1. The molecular weight excluding hydrogens is 432 g/mol. The number of morpholine rings is 1. The third-order valence-electron chi connectivity index (χ3n) is 7.50. The standard InChI is InChI=1S/C28H37ClN2O2/c1-19(2)27(21-8-10-22(29)11-9-21)30-28(32)25-13-12-23(31-14-16-33-17-15-31)18-26(25)24-7-5-4-6-20(24)3/h4-11,19,23,25-27H,12-18H2,1-3H3,(H,30,32)/t23-,25+,26-,27?/m0/s1. The Balaban J connectivity index is 1.56. The predicted octanol–water partition coefficient (Wildman–Crippen LogP) is 5.75. The minimum atomic E-state index is -0.0238. The molecule has 4 atom stereocenters. The van der Waals surface area contributed by atoms with Gasteiger partial charge in [0.2, 0.25) is 5.91 Å². The summed E-state index contributed by atoms with van der Waals surface area (Å²) in [4.78, 5) is 16.3. The van der Waals surface area contributed by atoms with Crippen molar-refractivity contribution in [2.45, 2.75) is 58.0 Å². The Hall–Kier alpha value is -1.88. The van der Waals surface area contributed by atoms with Gasteiger partial charge in [-0.15, -0.1) is 0 Å². The molecule has 1 aliphatic carbocycles. The zero-order valence-corrected chi connectivity index (χ0v) is 20.9. The van der Waals surface area contributed by atoms with Crippen molar-refractivity contribution in [2.24, 2.45) is 11.8 Å². The lowest BCUT2D eigenvalue weighted by atomic mass is 9.71. The third kappa shape index (κ3) is 5.79. The monoisotopic (exact) mass is 468 g/mol. The van der Waals surface area contributed by atoms with Gasteiger partial charge in [0.1, 0.15) is 0 Å². The number of ether oxygens (including phenoxy) is 1. The smallest absolute Gasteiger partial charge is 0.224 e. The van der Waals surface area contributed by atoms with Gasteiger partial charge >= 0.3 is 0 Å². The fraction of sp³-hybridized carbons (Fsp3) is 0.536. The molecule has 33 heavy (non-hydrogen) atoms. The molecule has 5 heteroatoms. The Kier molecular flexibility index (Phi) is 8.11. The molecule has 0 bridgehead atoms. The zero-order valence-electron chi connectivity index (χ0n) is 20.1. The number of benzene rings is 2. The molecule has 2 aromatic carbocycles. The van der Waals surface area contributed by atoms with Gasteiger partial charge in [-0.2, -0.15) is 0 Å². The van der Waals surface area contributed by atoms with E-state index in [0.29, 0.717) is 11.1 Å². The van der Waals surface area contributed by atoms with Gasteiger partial charge in [-0.3, -0.25) is 9.69 Å². The van der Waals surface area contributed by atoms with Gasteiger partial charge in [0.05, 0.1) is 19.3 Å². The van der Waals surface area contributed by atoms with Crippen LogP contribution in [-0.4, -0.2) is 43.2 Å². The summed E-state index contributed by atoms with van der Waals surface area (Å²) in [5.74, 6) is 0.678. The van der Waals surface area contributed by atoms with Gasteiger partial charge in [0, 0.05) is 30.1 Å². The van der Waals surface area contributed by atoms with Gasteiger partial charge in [0.15, 0.2) is 0 Å². The number of hydrogen-bond acceptors (Lipinski definition) is 3. The molecule has 2 aromatic rings. The van der Waals surface area contributed by atoms with E-state index in [0.717, 1.165) is 51.1 Å². The SMILES string of the molecule is Cc1ccccc1[C@@H]1C[C@@H](N2CCOCC2)CC[C@H]1C(=O)NC(c1ccc(Cl)cc1)C(C)C. The van der Waals surface area contributed by atoms with E-state index >= 15 is 0 Å². The lowest BCUT2D eigenvalue weighted by molar-refractivity contribution is -0.128. The highest BCUT2D eigenvalue weighted by Crippen LogP contribution is 2.41. The van der Waals surface area contributed by atoms with Crippen molar-refractivity contribution in [2.75, 3.05) is 26.3 Å². The van der Waals surface area contributed by atoms with E-state index in [1.54, 1.807) is 0 Å². The highest BCUT2D eigenvalue weighted by Gasteiger charge is 2.39. The van der Waals surface area contributed by atoms with Crippen LogP contribution >= 0.6 is 11.6 Å². The van der Waals surface area contributed by atoms with Crippen molar-refractivity contribution in [3.8, 4) is 0 Å². The van der Waals surface area contributed by atoms with E-state index in [4.69, 9.17) is 16.3 Å². The van der Waals surface area contributed by atoms with Crippen LogP contribution in [0.25, 0.3) is 0 Å². The molecule has 1 N–H and O–H groups in total. The zero-order chi connectivity index (χ0) is 23.4. The molecule has 0 spiro atoms. The maximum absolute atomic E-state index is 13.8. The van der Waals surface area contributed by atoms with Gasteiger partial charge < -0.3 is 10.1 Å². The van der Waals surface area contributed by atoms with Crippen molar-refractivity contribution in [1.82, 2.24) is 10.2 Å². The predicted molar refractivity (Wildman–Crippen MR) is 135 cm³/mol. The van der Waals surface area contributed by atoms with Crippen LogP contribution in [0.4, 0.5) is 0 Å². The van der Waals surface area contributed by atoms with Crippen LogP contribution in [0.5, 0.6) is 0 Å². The van der Waals surface area contributed by atoms with Crippen molar-refractivity contribution in [1.29, 1.82) is 0 Å². The topological polar surface area (TPSA) is 41.6 Å². The molecule has 2 fully saturated rings. The Morgan fingerprint density at radius 2 is 1.76 bits per heavy atom. The molecule has 0 radical (unpaired) electrons. The first kappa shape index (κ1) is 24.3. The number of halogens is 1. The second kappa shape index (κ2) is 11.0. The van der Waals surface area contributed by atoms with Crippen LogP contribution in [0.1, 0.15) is 61.8 Å². The highest BCUT2D eigenvalue weighted by atomic mass is 35.5. The average Bonchev–Trinajstić information content (AvgIpc) is 2.83. The third-order valence-corrected chi connectivity index (χ3v) is 7.75. The Labute approximate surface area is 203 Å². The van der Waals surface area contributed by atoms with Crippen LogP contribution in [0, 0.1) is 18.8 Å². The van der Waals surface area contributed by atoms with Crippen molar-refractivity contribution >= 4 is 17.5 Å². The van der Waals surface area contributed by atoms with E-state index in [9.17, 15) is 4.79 Å². The van der Waals surface area contributed by atoms with E-state index in [1.165, 1.54) is 11.1 Å². The Morgan fingerprint density at radius 1 is 1.06 bits per heavy atom. The molecule has 1 aliphatic heterocycles. The number of nitrogens with zero attached hydrogens (tertiary/aromatic N) is 1. The normalized spacial score (nSPS) is 25.1. The van der Waals surface area contributed by atoms with Crippen molar-refractivity contribution < 1.29 is 9.53 Å². The second-order valence-electron chi connectivity index (χ2n) is 9.97. The number of nitrogens with one attached hydrogen (secondary N) is 1. The summed E-state index contributed by atoms with van der Waals surface area (Å²) in [6.45, 7) is 10.1. The molecule has 2 aliphatic rings. The van der Waals surface area contributed by atoms with Gasteiger partial charge in [0.25, 0.3) is 0 Å². The van der Waals surface area contributed by atoms with Crippen LogP contribution in [-0.2, 0) is 9.53 Å². The largest absolute Gasteiger partial charge is 0.379 e. The maximum Gasteiger partial charge on any atom is 0.224 e. The summed E-state index contributed by atoms with van der Waals surface area (Å²) in [6, 6.07) is 17.0. The first-order chi connectivity index (χ1) is 15.9. The highest BCUT2D eigenvalue weighted by molar-refractivity contribution is 6.30. The summed E-state index contributed by atoms with van der Waals surface area (Å²) >= 11 is 6.10. The van der Waals surface area contributed by atoms with Crippen molar-refractivity contribution in [3.05, 3.63) is 70.2 Å². The summed E-state index contributed by atoms with van der Waals surface area (Å²) in [7, 11) is 0. The molecule has 1 amide bonds. The van der Waals surface area contributed by atoms with Crippen molar-refractivity contribution in [3.63, 3.8) is 0 Å². The first-order valence-electron chi connectivity index (χ1n) is 12.4. The first-order valence-corrected chi connectivity index (χ1v) is 12.7. The van der Waals surface area contributed by atoms with E-state index in [1.807, 2.05) is 24.3 Å². The lowest BCUT2D eigenvalue weighted by Gasteiger charge is -2.43. The summed E-state index contributed by atoms with van der Waals surface area (Å²) < 4.78 is 5.58. The molecule has 1 unspecified atom stereocenters. The molecule has 1 saturated carbocycles. The van der Waals surface area contributed by atoms with E-state index in [2.05, 4.69) is 55.3 Å². The van der Waals surface area contributed by atoms with Gasteiger partial charge in [-0.25, -0.2) is 0 Å². The maximum atomic E-state index is 13.8. The molecule has 1 heterocycles. The van der Waals surface area contributed by atoms with E-state index in [-0.39, 0.29) is 29.7 Å². The molecule has 4 nitrogen and oxygen atoms in total. The fourth-order valence-corrected chi connectivity index (χ4v) is 5.77. The molecular formula is C28H37ClN2O2. The number of rotatable bonds is 6. The van der Waals surface area contributed by atoms with Gasteiger partial charge in [-0.1, -0.05) is 61.8 Å². The lowest BCUT2D eigenvalue weighted by Crippen LogP contribution is -2.48. The number of hydrogen-bond donors (Lipinski definition) is 1. The Bertz CT molecular complexity index is 924. The Morgan fingerprint density at radius 3 is 2.42 bits per heavy atom. The molecule has 178 valence electrons. The fourth-order valence-electron chi connectivity index (χ4n) is 5.65. The quantitative estimate of drug-likeness (QED) is 0.587. The van der Waals surface area contributed by atoms with E-state index < -0.39 is 0 Å². The molecule has 4 rings (SSSR count). The molecule has 1 saturated heterocycles. The second-order valence-corrected chi connectivity index (χ2v) is 10.4.